The first-order chi connectivity index (χ1) is 12.9. The Bertz CT molecular complexity index is 815. The van der Waals surface area contributed by atoms with Gasteiger partial charge in [0.2, 0.25) is 5.91 Å². The number of alkyl halides is 4. The number of halogens is 4. The third-order valence-electron chi connectivity index (χ3n) is 3.21. The molecule has 2 aromatic rings. The summed E-state index contributed by atoms with van der Waals surface area (Å²) < 4.78 is 58.1. The molecule has 0 aromatic heterocycles. The van der Waals surface area contributed by atoms with E-state index in [9.17, 15) is 22.4 Å². The third kappa shape index (κ3) is 6.52. The number of thioether (sulfide) groups is 1. The van der Waals surface area contributed by atoms with Crippen molar-refractivity contribution >= 4 is 29.4 Å². The predicted molar refractivity (Wildman–Crippen MR) is 95.6 cm³/mol. The predicted octanol–water partition coefficient (Wildman–Crippen LogP) is 5.26. The normalized spacial score (nSPS) is 11.2. The van der Waals surface area contributed by atoms with Gasteiger partial charge in [-0.05, 0) is 36.6 Å². The standard InChI is InChI=1S/C18H15F4NO3S/c1-27-15-5-3-2-4-13(15)23-16(24)9-7-11-6-8-12(25-17(19)20)10-14(11)26-18(21)22/h2-10,17-18H,1H3,(H,23,24)/b9-7+. The number of ether oxygens (including phenoxy) is 2. The first-order valence-corrected chi connectivity index (χ1v) is 8.77. The molecule has 27 heavy (non-hydrogen) atoms. The molecule has 0 bridgehead atoms. The van der Waals surface area contributed by atoms with E-state index >= 15 is 0 Å². The molecule has 0 aliphatic carbocycles. The monoisotopic (exact) mass is 401 g/mol. The van der Waals surface area contributed by atoms with Gasteiger partial charge in [-0.3, -0.25) is 4.79 Å². The molecule has 2 aromatic carbocycles. The molecule has 0 fully saturated rings. The van der Waals surface area contributed by atoms with E-state index in [1.165, 1.54) is 23.9 Å². The molecule has 0 heterocycles. The second kappa shape index (κ2) is 9.86. The highest BCUT2D eigenvalue weighted by molar-refractivity contribution is 7.98. The summed E-state index contributed by atoms with van der Waals surface area (Å²) >= 11 is 1.45. The van der Waals surface area contributed by atoms with E-state index in [1.54, 1.807) is 12.1 Å². The zero-order valence-corrected chi connectivity index (χ0v) is 14.8. The molecule has 4 nitrogen and oxygen atoms in total. The Labute approximate surface area is 157 Å². The summed E-state index contributed by atoms with van der Waals surface area (Å²) in [4.78, 5) is 12.9. The highest BCUT2D eigenvalue weighted by Gasteiger charge is 2.12. The smallest absolute Gasteiger partial charge is 0.387 e. The number of nitrogens with one attached hydrogen (secondary N) is 1. The van der Waals surface area contributed by atoms with Gasteiger partial charge in [0.25, 0.3) is 0 Å². The van der Waals surface area contributed by atoms with Crippen molar-refractivity contribution in [3.8, 4) is 11.5 Å². The number of benzene rings is 2. The van der Waals surface area contributed by atoms with Gasteiger partial charge in [-0.15, -0.1) is 11.8 Å². The first-order valence-electron chi connectivity index (χ1n) is 7.55. The fourth-order valence-electron chi connectivity index (χ4n) is 2.11. The zero-order valence-electron chi connectivity index (χ0n) is 14.0. The van der Waals surface area contributed by atoms with E-state index in [4.69, 9.17) is 0 Å². The maximum absolute atomic E-state index is 12.5. The average Bonchev–Trinajstić information content (AvgIpc) is 2.60. The number of hydrogen-bond acceptors (Lipinski definition) is 4. The molecule has 144 valence electrons. The molecule has 1 amide bonds. The van der Waals surface area contributed by atoms with E-state index in [0.29, 0.717) is 5.69 Å². The number of carbonyl (C=O) groups excluding carboxylic acids is 1. The van der Waals surface area contributed by atoms with Crippen LogP contribution in [0.15, 0.2) is 53.4 Å². The fraction of sp³-hybridized carbons (Fsp3) is 0.167. The van der Waals surface area contributed by atoms with Gasteiger partial charge >= 0.3 is 13.2 Å². The first kappa shape index (κ1) is 20.6. The lowest BCUT2D eigenvalue weighted by Gasteiger charge is -2.11. The fourth-order valence-corrected chi connectivity index (χ4v) is 2.67. The number of hydrogen-bond donors (Lipinski definition) is 1. The van der Waals surface area contributed by atoms with E-state index < -0.39 is 24.9 Å². The molecule has 9 heteroatoms. The Morgan fingerprint density at radius 1 is 1.07 bits per heavy atom. The van der Waals surface area contributed by atoms with Gasteiger partial charge in [-0.1, -0.05) is 12.1 Å². The van der Waals surface area contributed by atoms with Crippen molar-refractivity contribution in [3.63, 3.8) is 0 Å². The molecule has 0 radical (unpaired) electrons. The molecule has 2 rings (SSSR count). The molecule has 0 atom stereocenters. The molecule has 0 spiro atoms. The minimum Gasteiger partial charge on any atom is -0.435 e. The number of rotatable bonds is 8. The maximum atomic E-state index is 12.5. The van der Waals surface area contributed by atoms with Gasteiger partial charge in [0.15, 0.2) is 0 Å². The van der Waals surface area contributed by atoms with Crippen LogP contribution in [0.3, 0.4) is 0 Å². The van der Waals surface area contributed by atoms with Crippen molar-refractivity contribution in [1.29, 1.82) is 0 Å². The van der Waals surface area contributed by atoms with Crippen LogP contribution in [0.25, 0.3) is 6.08 Å². The summed E-state index contributed by atoms with van der Waals surface area (Å²) in [6.45, 7) is -6.27. The molecule has 0 saturated heterocycles. The van der Waals surface area contributed by atoms with Crippen molar-refractivity contribution in [3.05, 3.63) is 54.1 Å². The second-order valence-corrected chi connectivity index (χ2v) is 5.83. The van der Waals surface area contributed by atoms with Crippen molar-refractivity contribution in [2.45, 2.75) is 18.1 Å². The quantitative estimate of drug-likeness (QED) is 0.372. The molecular formula is C18H15F4NO3S. The summed E-state index contributed by atoms with van der Waals surface area (Å²) in [5, 5.41) is 2.67. The van der Waals surface area contributed by atoms with Crippen LogP contribution in [0.2, 0.25) is 0 Å². The van der Waals surface area contributed by atoms with Gasteiger partial charge in [0.05, 0.1) is 5.69 Å². The molecule has 0 aliphatic heterocycles. The maximum Gasteiger partial charge on any atom is 0.387 e. The van der Waals surface area contributed by atoms with Gasteiger partial charge in [-0.2, -0.15) is 17.6 Å². The summed E-state index contributed by atoms with van der Waals surface area (Å²) in [5.74, 6) is -1.22. The van der Waals surface area contributed by atoms with Crippen molar-refractivity contribution in [2.24, 2.45) is 0 Å². The van der Waals surface area contributed by atoms with E-state index in [-0.39, 0.29) is 11.3 Å². The highest BCUT2D eigenvalue weighted by Crippen LogP contribution is 2.29. The van der Waals surface area contributed by atoms with Crippen LogP contribution in [-0.4, -0.2) is 25.4 Å². The molecule has 0 aliphatic rings. The Morgan fingerprint density at radius 2 is 1.78 bits per heavy atom. The zero-order chi connectivity index (χ0) is 19.8. The third-order valence-corrected chi connectivity index (χ3v) is 4.00. The Morgan fingerprint density at radius 3 is 2.44 bits per heavy atom. The second-order valence-electron chi connectivity index (χ2n) is 4.98. The van der Waals surface area contributed by atoms with E-state index in [2.05, 4.69) is 14.8 Å². The van der Waals surface area contributed by atoms with Crippen molar-refractivity contribution < 1.29 is 31.8 Å². The minimum atomic E-state index is -3.17. The SMILES string of the molecule is CSc1ccccc1NC(=O)/C=C/c1ccc(OC(F)F)cc1OC(F)F. The summed E-state index contributed by atoms with van der Waals surface area (Å²) in [6, 6.07) is 10.4. The van der Waals surface area contributed by atoms with Crippen LogP contribution in [0.5, 0.6) is 11.5 Å². The van der Waals surface area contributed by atoms with Gasteiger partial charge < -0.3 is 14.8 Å². The molecule has 0 unspecified atom stereocenters. The number of amides is 1. The van der Waals surface area contributed by atoms with Crippen LogP contribution in [0.4, 0.5) is 23.2 Å². The van der Waals surface area contributed by atoms with Crippen LogP contribution in [0.1, 0.15) is 5.56 Å². The number of carbonyl (C=O) groups is 1. The van der Waals surface area contributed by atoms with Crippen LogP contribution < -0.4 is 14.8 Å². The average molecular weight is 401 g/mol. The lowest BCUT2D eigenvalue weighted by atomic mass is 10.1. The van der Waals surface area contributed by atoms with Crippen molar-refractivity contribution in [1.82, 2.24) is 0 Å². The van der Waals surface area contributed by atoms with Crippen molar-refractivity contribution in [2.75, 3.05) is 11.6 Å². The lowest BCUT2D eigenvalue weighted by Crippen LogP contribution is -2.09. The molecule has 0 saturated carbocycles. The van der Waals surface area contributed by atoms with Gasteiger partial charge in [0, 0.05) is 22.6 Å². The number of anilines is 1. The van der Waals surface area contributed by atoms with Gasteiger partial charge in [0.1, 0.15) is 11.5 Å². The Kier molecular flexibility index (Phi) is 7.54. The largest absolute Gasteiger partial charge is 0.435 e. The lowest BCUT2D eigenvalue weighted by molar-refractivity contribution is -0.111. The summed E-state index contributed by atoms with van der Waals surface area (Å²) in [7, 11) is 0. The summed E-state index contributed by atoms with van der Waals surface area (Å²) in [6.07, 6.45) is 4.22. The van der Waals surface area contributed by atoms with Crippen LogP contribution >= 0.6 is 11.8 Å². The highest BCUT2D eigenvalue weighted by atomic mass is 32.2. The topological polar surface area (TPSA) is 47.6 Å². The van der Waals surface area contributed by atoms with Gasteiger partial charge in [-0.25, -0.2) is 0 Å². The minimum absolute atomic E-state index is 0.102. The number of para-hydroxylation sites is 1. The van der Waals surface area contributed by atoms with Crippen LogP contribution in [0, 0.1) is 0 Å². The van der Waals surface area contributed by atoms with E-state index in [0.717, 1.165) is 23.1 Å². The molecular weight excluding hydrogens is 386 g/mol. The molecule has 1 N–H and O–H groups in total. The Hall–Kier alpha value is -2.68. The summed E-state index contributed by atoms with van der Waals surface area (Å²) in [5.41, 5.74) is 0.703. The van der Waals surface area contributed by atoms with Crippen LogP contribution in [-0.2, 0) is 4.79 Å². The van der Waals surface area contributed by atoms with E-state index in [1.807, 2.05) is 18.4 Å². The Balaban J connectivity index is 2.17.